The van der Waals surface area contributed by atoms with Gasteiger partial charge in [0.1, 0.15) is 0 Å². The summed E-state index contributed by atoms with van der Waals surface area (Å²) in [4.78, 5) is 27.5. The van der Waals surface area contributed by atoms with Gasteiger partial charge in [-0.2, -0.15) is 0 Å². The van der Waals surface area contributed by atoms with E-state index in [4.69, 9.17) is 5.73 Å². The third-order valence-electron chi connectivity index (χ3n) is 5.46. The van der Waals surface area contributed by atoms with E-state index < -0.39 is 11.6 Å². The van der Waals surface area contributed by atoms with Crippen molar-refractivity contribution in [2.75, 3.05) is 26.2 Å². The SMILES string of the molecule is NC(=O)N1CCCC(C(=O)N2CCC(O)(Cc3ccccc3)CC2)C1. The van der Waals surface area contributed by atoms with Gasteiger partial charge in [-0.3, -0.25) is 4.79 Å². The van der Waals surface area contributed by atoms with E-state index in [9.17, 15) is 14.7 Å². The first-order valence-electron chi connectivity index (χ1n) is 9.06. The second kappa shape index (κ2) is 7.44. The summed E-state index contributed by atoms with van der Waals surface area (Å²) in [6.07, 6.45) is 3.40. The third-order valence-corrected chi connectivity index (χ3v) is 5.46. The van der Waals surface area contributed by atoms with Gasteiger partial charge in [-0.05, 0) is 31.2 Å². The number of hydrogen-bond donors (Lipinski definition) is 2. The molecule has 6 nitrogen and oxygen atoms in total. The van der Waals surface area contributed by atoms with Crippen LogP contribution in [0, 0.1) is 5.92 Å². The highest BCUT2D eigenvalue weighted by Gasteiger charge is 2.37. The molecule has 1 unspecified atom stereocenters. The first-order valence-corrected chi connectivity index (χ1v) is 9.06. The van der Waals surface area contributed by atoms with Crippen LogP contribution >= 0.6 is 0 Å². The number of amides is 3. The Morgan fingerprint density at radius 3 is 2.44 bits per heavy atom. The predicted molar refractivity (Wildman–Crippen MR) is 94.8 cm³/mol. The van der Waals surface area contributed by atoms with Crippen molar-refractivity contribution in [1.82, 2.24) is 9.80 Å². The fraction of sp³-hybridized carbons (Fsp3) is 0.579. The molecule has 1 aromatic rings. The molecule has 3 N–H and O–H groups in total. The lowest BCUT2D eigenvalue weighted by atomic mass is 9.84. The Morgan fingerprint density at radius 1 is 1.12 bits per heavy atom. The minimum atomic E-state index is -0.746. The second-order valence-electron chi connectivity index (χ2n) is 7.34. The quantitative estimate of drug-likeness (QED) is 0.867. The van der Waals surface area contributed by atoms with Crippen LogP contribution in [0.5, 0.6) is 0 Å². The van der Waals surface area contributed by atoms with Crippen molar-refractivity contribution in [2.24, 2.45) is 11.7 Å². The maximum absolute atomic E-state index is 12.8. The summed E-state index contributed by atoms with van der Waals surface area (Å²) in [5.74, 6) is -0.0747. The average Bonchev–Trinajstić information content (AvgIpc) is 2.62. The van der Waals surface area contributed by atoms with Crippen LogP contribution in [0.4, 0.5) is 4.79 Å². The molecule has 2 heterocycles. The Bertz CT molecular complexity index is 612. The van der Waals surface area contributed by atoms with Crippen molar-refractivity contribution in [3.8, 4) is 0 Å². The molecule has 0 bridgehead atoms. The van der Waals surface area contributed by atoms with Gasteiger partial charge in [0.25, 0.3) is 0 Å². The van der Waals surface area contributed by atoms with E-state index in [1.165, 1.54) is 0 Å². The molecule has 25 heavy (non-hydrogen) atoms. The molecule has 2 aliphatic heterocycles. The Kier molecular flexibility index (Phi) is 5.27. The first-order chi connectivity index (χ1) is 12.0. The van der Waals surface area contributed by atoms with Crippen LogP contribution in [0.3, 0.4) is 0 Å². The van der Waals surface area contributed by atoms with Gasteiger partial charge < -0.3 is 20.6 Å². The highest BCUT2D eigenvalue weighted by atomic mass is 16.3. The summed E-state index contributed by atoms with van der Waals surface area (Å²) in [6.45, 7) is 2.18. The molecule has 6 heteroatoms. The lowest BCUT2D eigenvalue weighted by Gasteiger charge is -2.41. The molecule has 2 aliphatic rings. The molecule has 1 atom stereocenters. The van der Waals surface area contributed by atoms with Gasteiger partial charge in [0, 0.05) is 32.6 Å². The van der Waals surface area contributed by atoms with Crippen LogP contribution in [0.15, 0.2) is 30.3 Å². The van der Waals surface area contributed by atoms with E-state index in [0.29, 0.717) is 45.4 Å². The van der Waals surface area contributed by atoms with Crippen LogP contribution in [0.2, 0.25) is 0 Å². The van der Waals surface area contributed by atoms with Crippen LogP contribution in [0.25, 0.3) is 0 Å². The lowest BCUT2D eigenvalue weighted by Crippen LogP contribution is -2.52. The van der Waals surface area contributed by atoms with E-state index in [2.05, 4.69) is 0 Å². The number of piperidine rings is 2. The van der Waals surface area contributed by atoms with Gasteiger partial charge in [0.2, 0.25) is 5.91 Å². The Labute approximate surface area is 148 Å². The second-order valence-corrected chi connectivity index (χ2v) is 7.34. The first kappa shape index (κ1) is 17.7. The summed E-state index contributed by atoms with van der Waals surface area (Å²) < 4.78 is 0. The number of nitrogens with two attached hydrogens (primary N) is 1. The van der Waals surface area contributed by atoms with Gasteiger partial charge in [-0.1, -0.05) is 30.3 Å². The van der Waals surface area contributed by atoms with Gasteiger partial charge >= 0.3 is 6.03 Å². The van der Waals surface area contributed by atoms with E-state index in [0.717, 1.165) is 18.4 Å². The molecule has 1 aromatic carbocycles. The van der Waals surface area contributed by atoms with Gasteiger partial charge in [-0.15, -0.1) is 0 Å². The molecule has 0 saturated carbocycles. The monoisotopic (exact) mass is 345 g/mol. The number of likely N-dealkylation sites (tertiary alicyclic amines) is 2. The highest BCUT2D eigenvalue weighted by molar-refractivity contribution is 5.80. The normalized spacial score (nSPS) is 23.3. The van der Waals surface area contributed by atoms with Crippen molar-refractivity contribution >= 4 is 11.9 Å². The van der Waals surface area contributed by atoms with Crippen molar-refractivity contribution in [2.45, 2.75) is 37.7 Å². The Hall–Kier alpha value is -2.08. The standard InChI is InChI=1S/C19H27N3O3/c20-18(24)22-10-4-7-16(14-22)17(23)21-11-8-19(25,9-12-21)13-15-5-2-1-3-6-15/h1-3,5-6,16,25H,4,7-14H2,(H2,20,24). The maximum atomic E-state index is 12.8. The third kappa shape index (κ3) is 4.31. The zero-order valence-electron chi connectivity index (χ0n) is 14.6. The Balaban J connectivity index is 1.54. The number of benzene rings is 1. The van der Waals surface area contributed by atoms with E-state index in [1.54, 1.807) is 4.90 Å². The molecule has 136 valence electrons. The molecule has 0 aliphatic carbocycles. The molecular formula is C19H27N3O3. The van der Waals surface area contributed by atoms with E-state index >= 15 is 0 Å². The minimum absolute atomic E-state index is 0.0905. The average molecular weight is 345 g/mol. The van der Waals surface area contributed by atoms with Gasteiger partial charge in [-0.25, -0.2) is 4.79 Å². The molecule has 0 spiro atoms. The summed E-state index contributed by atoms with van der Waals surface area (Å²) in [6, 6.07) is 9.52. The summed E-state index contributed by atoms with van der Waals surface area (Å²) >= 11 is 0. The number of urea groups is 1. The molecule has 0 radical (unpaired) electrons. The predicted octanol–water partition coefficient (Wildman–Crippen LogP) is 1.37. The largest absolute Gasteiger partial charge is 0.389 e. The maximum Gasteiger partial charge on any atom is 0.314 e. The topological polar surface area (TPSA) is 86.9 Å². The van der Waals surface area contributed by atoms with Crippen molar-refractivity contribution in [3.05, 3.63) is 35.9 Å². The zero-order chi connectivity index (χ0) is 17.9. The molecular weight excluding hydrogens is 318 g/mol. The van der Waals surface area contributed by atoms with Crippen LogP contribution in [-0.2, 0) is 11.2 Å². The zero-order valence-corrected chi connectivity index (χ0v) is 14.6. The summed E-state index contributed by atoms with van der Waals surface area (Å²) in [5.41, 5.74) is 5.72. The van der Waals surface area contributed by atoms with Gasteiger partial charge in [0.05, 0.1) is 11.5 Å². The molecule has 3 rings (SSSR count). The molecule has 0 aromatic heterocycles. The molecule has 2 fully saturated rings. The van der Waals surface area contributed by atoms with Gasteiger partial charge in [0.15, 0.2) is 0 Å². The van der Waals surface area contributed by atoms with E-state index in [-0.39, 0.29) is 11.8 Å². The number of nitrogens with zero attached hydrogens (tertiary/aromatic N) is 2. The molecule has 2 saturated heterocycles. The fourth-order valence-electron chi connectivity index (χ4n) is 3.93. The highest BCUT2D eigenvalue weighted by Crippen LogP contribution is 2.28. The summed E-state index contributed by atoms with van der Waals surface area (Å²) in [7, 11) is 0. The number of carbonyl (C=O) groups is 2. The lowest BCUT2D eigenvalue weighted by molar-refractivity contribution is -0.141. The van der Waals surface area contributed by atoms with Crippen molar-refractivity contribution in [1.29, 1.82) is 0 Å². The molecule has 3 amide bonds. The van der Waals surface area contributed by atoms with Crippen LogP contribution in [-0.4, -0.2) is 58.6 Å². The van der Waals surface area contributed by atoms with Crippen molar-refractivity contribution < 1.29 is 14.7 Å². The number of aliphatic hydroxyl groups is 1. The summed E-state index contributed by atoms with van der Waals surface area (Å²) in [5, 5.41) is 10.8. The van der Waals surface area contributed by atoms with E-state index in [1.807, 2.05) is 35.2 Å². The number of hydrogen-bond acceptors (Lipinski definition) is 3. The number of rotatable bonds is 3. The van der Waals surface area contributed by atoms with Crippen molar-refractivity contribution in [3.63, 3.8) is 0 Å². The minimum Gasteiger partial charge on any atom is -0.389 e. The Morgan fingerprint density at radius 2 is 1.80 bits per heavy atom. The smallest absolute Gasteiger partial charge is 0.314 e. The van der Waals surface area contributed by atoms with Crippen LogP contribution in [0.1, 0.15) is 31.2 Å². The number of primary amides is 1. The fourth-order valence-corrected chi connectivity index (χ4v) is 3.93. The van der Waals surface area contributed by atoms with Crippen LogP contribution < -0.4 is 5.73 Å². The number of carbonyl (C=O) groups excluding carboxylic acids is 2.